The Morgan fingerprint density at radius 2 is 2.11 bits per heavy atom. The maximum Gasteiger partial charge on any atom is 0.280 e. The molecule has 3 rings (SSSR count). The number of para-hydroxylation sites is 1. The van der Waals surface area contributed by atoms with Crippen molar-refractivity contribution >= 4 is 23.7 Å². The van der Waals surface area contributed by atoms with Crippen LogP contribution < -0.4 is 19.6 Å². The van der Waals surface area contributed by atoms with Crippen molar-refractivity contribution in [2.45, 2.75) is 19.4 Å². The molecule has 2 aromatic rings. The number of benzene rings is 2. The number of fused-ring (bicyclic) bond motifs is 1. The lowest BCUT2D eigenvalue weighted by Gasteiger charge is -2.13. The van der Waals surface area contributed by atoms with Crippen molar-refractivity contribution in [1.82, 2.24) is 5.43 Å². The molecular formula is C19H18ClFN2O4. The van der Waals surface area contributed by atoms with E-state index in [1.165, 1.54) is 31.3 Å². The molecule has 0 fully saturated rings. The number of hydrogen-bond donors (Lipinski definition) is 1. The van der Waals surface area contributed by atoms with Gasteiger partial charge in [-0.05, 0) is 36.8 Å². The van der Waals surface area contributed by atoms with Crippen LogP contribution in [0.15, 0.2) is 41.5 Å². The molecule has 2 aromatic carbocycles. The summed E-state index contributed by atoms with van der Waals surface area (Å²) in [4.78, 5) is 12.1. The van der Waals surface area contributed by atoms with Gasteiger partial charge in [0.2, 0.25) is 0 Å². The molecule has 1 atom stereocenters. The highest BCUT2D eigenvalue weighted by atomic mass is 35.5. The predicted molar refractivity (Wildman–Crippen MR) is 99.3 cm³/mol. The van der Waals surface area contributed by atoms with Crippen molar-refractivity contribution in [3.63, 3.8) is 0 Å². The van der Waals surface area contributed by atoms with Crippen molar-refractivity contribution in [2.75, 3.05) is 13.2 Å². The highest BCUT2D eigenvalue weighted by Gasteiger charge is 2.17. The van der Waals surface area contributed by atoms with E-state index in [4.69, 9.17) is 25.8 Å². The third-order valence-electron chi connectivity index (χ3n) is 3.72. The molecule has 0 bridgehead atoms. The van der Waals surface area contributed by atoms with Gasteiger partial charge in [0.25, 0.3) is 5.91 Å². The van der Waals surface area contributed by atoms with E-state index in [9.17, 15) is 9.18 Å². The Kier molecular flexibility index (Phi) is 6.13. The second-order valence-corrected chi connectivity index (χ2v) is 6.21. The van der Waals surface area contributed by atoms with Crippen LogP contribution in [0.1, 0.15) is 18.9 Å². The van der Waals surface area contributed by atoms with Gasteiger partial charge < -0.3 is 14.2 Å². The second-order valence-electron chi connectivity index (χ2n) is 5.81. The first kappa shape index (κ1) is 19.0. The van der Waals surface area contributed by atoms with E-state index >= 15 is 0 Å². The van der Waals surface area contributed by atoms with Gasteiger partial charge in [0, 0.05) is 6.42 Å². The Balaban J connectivity index is 1.61. The molecule has 0 saturated carbocycles. The molecule has 0 saturated heterocycles. The Morgan fingerprint density at radius 3 is 2.93 bits per heavy atom. The minimum absolute atomic E-state index is 0.00110. The molecule has 1 aliphatic rings. The number of carbonyl (C=O) groups is 1. The summed E-state index contributed by atoms with van der Waals surface area (Å²) >= 11 is 6.21. The number of amides is 1. The van der Waals surface area contributed by atoms with Gasteiger partial charge in [-0.1, -0.05) is 23.7 Å². The minimum atomic E-state index is -0.925. The van der Waals surface area contributed by atoms with Gasteiger partial charge in [-0.3, -0.25) is 4.79 Å². The topological polar surface area (TPSA) is 69.2 Å². The molecule has 0 aliphatic carbocycles. The van der Waals surface area contributed by atoms with Gasteiger partial charge in [0.05, 0.1) is 24.5 Å². The van der Waals surface area contributed by atoms with E-state index in [1.54, 1.807) is 18.2 Å². The van der Waals surface area contributed by atoms with Crippen LogP contribution in [0, 0.1) is 5.82 Å². The van der Waals surface area contributed by atoms with Crippen LogP contribution in [-0.2, 0) is 4.79 Å². The van der Waals surface area contributed by atoms with E-state index in [-0.39, 0.29) is 5.75 Å². The molecule has 142 valence electrons. The summed E-state index contributed by atoms with van der Waals surface area (Å²) in [5, 5.41) is 4.29. The SMILES string of the molecule is C[C@H](Oc1ccccc1F)C(=O)N/N=C\c1cc(Cl)c2c(c1)OCCCO2. The van der Waals surface area contributed by atoms with Crippen molar-refractivity contribution < 1.29 is 23.4 Å². The zero-order chi connectivity index (χ0) is 19.2. The van der Waals surface area contributed by atoms with Crippen LogP contribution in [0.5, 0.6) is 17.2 Å². The predicted octanol–water partition coefficient (Wildman–Crippen LogP) is 3.56. The van der Waals surface area contributed by atoms with E-state index in [0.717, 1.165) is 6.42 Å². The summed E-state index contributed by atoms with van der Waals surface area (Å²) in [5.41, 5.74) is 2.98. The highest BCUT2D eigenvalue weighted by Crippen LogP contribution is 2.37. The summed E-state index contributed by atoms with van der Waals surface area (Å²) in [6.07, 6.45) is 1.27. The lowest BCUT2D eigenvalue weighted by Crippen LogP contribution is -2.33. The maximum atomic E-state index is 13.6. The fourth-order valence-electron chi connectivity index (χ4n) is 2.37. The molecule has 1 amide bonds. The first-order valence-corrected chi connectivity index (χ1v) is 8.75. The molecule has 6 nitrogen and oxygen atoms in total. The summed E-state index contributed by atoms with van der Waals surface area (Å²) in [6, 6.07) is 9.24. The van der Waals surface area contributed by atoms with Crippen molar-refractivity contribution in [3.8, 4) is 17.2 Å². The van der Waals surface area contributed by atoms with E-state index < -0.39 is 17.8 Å². The van der Waals surface area contributed by atoms with Gasteiger partial charge in [-0.25, -0.2) is 9.82 Å². The third kappa shape index (κ3) is 4.89. The van der Waals surface area contributed by atoms with Gasteiger partial charge >= 0.3 is 0 Å². The number of halogens is 2. The van der Waals surface area contributed by atoms with Crippen LogP contribution in [-0.4, -0.2) is 31.4 Å². The first-order chi connectivity index (χ1) is 13.0. The fraction of sp³-hybridized carbons (Fsp3) is 0.263. The molecule has 0 aromatic heterocycles. The van der Waals surface area contributed by atoms with Gasteiger partial charge in [0.15, 0.2) is 29.2 Å². The van der Waals surface area contributed by atoms with Crippen LogP contribution >= 0.6 is 11.6 Å². The Labute approximate surface area is 160 Å². The number of hydrogen-bond acceptors (Lipinski definition) is 5. The van der Waals surface area contributed by atoms with Gasteiger partial charge in [-0.15, -0.1) is 0 Å². The van der Waals surface area contributed by atoms with E-state index in [2.05, 4.69) is 10.5 Å². The monoisotopic (exact) mass is 392 g/mol. The number of nitrogens with one attached hydrogen (secondary N) is 1. The normalized spacial score (nSPS) is 14.5. The zero-order valence-electron chi connectivity index (χ0n) is 14.6. The molecule has 0 spiro atoms. The summed E-state index contributed by atoms with van der Waals surface area (Å²) in [5.74, 6) is -0.0254. The van der Waals surface area contributed by atoms with Crippen molar-refractivity contribution in [1.29, 1.82) is 0 Å². The molecule has 8 heteroatoms. The van der Waals surface area contributed by atoms with E-state index in [0.29, 0.717) is 35.3 Å². The second kappa shape index (κ2) is 8.73. The Bertz CT molecular complexity index is 860. The molecule has 1 heterocycles. The van der Waals surface area contributed by atoms with Gasteiger partial charge in [-0.2, -0.15) is 5.10 Å². The minimum Gasteiger partial charge on any atom is -0.489 e. The van der Waals surface area contributed by atoms with Crippen LogP contribution in [0.3, 0.4) is 0 Å². The largest absolute Gasteiger partial charge is 0.489 e. The van der Waals surface area contributed by atoms with E-state index in [1.807, 2.05) is 0 Å². The molecule has 0 radical (unpaired) electrons. The average molecular weight is 393 g/mol. The van der Waals surface area contributed by atoms with Crippen LogP contribution in [0.2, 0.25) is 5.02 Å². The van der Waals surface area contributed by atoms with Crippen LogP contribution in [0.4, 0.5) is 4.39 Å². The quantitative estimate of drug-likeness (QED) is 0.624. The molecule has 1 aliphatic heterocycles. The number of ether oxygens (including phenoxy) is 3. The molecule has 27 heavy (non-hydrogen) atoms. The zero-order valence-corrected chi connectivity index (χ0v) is 15.3. The standard InChI is InChI=1S/C19H18ClFN2O4/c1-12(27-16-6-3-2-5-15(16)21)19(24)23-22-11-13-9-14(20)18-17(10-13)25-7-4-8-26-18/h2-3,5-6,9-12H,4,7-8H2,1H3,(H,23,24)/b22-11-/t12-/m0/s1. The van der Waals surface area contributed by atoms with Gasteiger partial charge in [0.1, 0.15) is 0 Å². The first-order valence-electron chi connectivity index (χ1n) is 8.38. The lowest BCUT2D eigenvalue weighted by molar-refractivity contribution is -0.127. The molecular weight excluding hydrogens is 375 g/mol. The molecule has 0 unspecified atom stereocenters. The summed E-state index contributed by atoms with van der Waals surface area (Å²) in [6.45, 7) is 2.57. The third-order valence-corrected chi connectivity index (χ3v) is 4.00. The average Bonchev–Trinajstić information content (AvgIpc) is 2.89. The maximum absolute atomic E-state index is 13.6. The highest BCUT2D eigenvalue weighted by molar-refractivity contribution is 6.32. The fourth-order valence-corrected chi connectivity index (χ4v) is 2.64. The van der Waals surface area contributed by atoms with Crippen LogP contribution in [0.25, 0.3) is 0 Å². The molecule has 1 N–H and O–H groups in total. The number of rotatable bonds is 5. The Morgan fingerprint density at radius 1 is 1.33 bits per heavy atom. The lowest BCUT2D eigenvalue weighted by atomic mass is 10.2. The smallest absolute Gasteiger partial charge is 0.280 e. The van der Waals surface area contributed by atoms with Crippen molar-refractivity contribution in [2.24, 2.45) is 5.10 Å². The number of carbonyl (C=O) groups excluding carboxylic acids is 1. The number of hydrazone groups is 1. The summed E-state index contributed by atoms with van der Waals surface area (Å²) in [7, 11) is 0. The number of nitrogens with zero attached hydrogens (tertiary/aromatic N) is 1. The Hall–Kier alpha value is -2.80. The summed E-state index contributed by atoms with van der Waals surface area (Å²) < 4.78 is 30.0. The van der Waals surface area contributed by atoms with Crippen molar-refractivity contribution in [3.05, 3.63) is 52.8 Å².